The minimum Gasteiger partial charge on any atom is -0.338 e. The third kappa shape index (κ3) is 1.80. The van der Waals surface area contributed by atoms with Gasteiger partial charge in [-0.2, -0.15) is 0 Å². The number of amides is 1. The fraction of sp³-hybridized carbons (Fsp3) is 0.625. The molecule has 0 aromatic carbocycles. The van der Waals surface area contributed by atoms with Crippen LogP contribution in [0.15, 0.2) is 12.7 Å². The van der Waals surface area contributed by atoms with Crippen LogP contribution in [-0.4, -0.2) is 29.9 Å². The zero-order valence-electron chi connectivity index (χ0n) is 6.62. The van der Waals surface area contributed by atoms with Crippen molar-refractivity contribution >= 4 is 5.91 Å². The molecule has 0 spiro atoms. The fourth-order valence-corrected chi connectivity index (χ4v) is 1.31. The highest BCUT2D eigenvalue weighted by Gasteiger charge is 2.23. The van der Waals surface area contributed by atoms with E-state index in [0.29, 0.717) is 6.54 Å². The van der Waals surface area contributed by atoms with Gasteiger partial charge in [0.15, 0.2) is 0 Å². The summed E-state index contributed by atoms with van der Waals surface area (Å²) in [5.74, 6) is 0.0659. The van der Waals surface area contributed by atoms with Gasteiger partial charge in [-0.1, -0.05) is 6.08 Å². The van der Waals surface area contributed by atoms with E-state index in [2.05, 4.69) is 6.58 Å². The highest BCUT2D eigenvalue weighted by molar-refractivity contribution is 5.82. The van der Waals surface area contributed by atoms with Gasteiger partial charge in [-0.15, -0.1) is 6.58 Å². The molecule has 1 rings (SSSR count). The van der Waals surface area contributed by atoms with E-state index in [1.165, 1.54) is 0 Å². The molecule has 3 nitrogen and oxygen atoms in total. The van der Waals surface area contributed by atoms with Crippen molar-refractivity contribution in [3.63, 3.8) is 0 Å². The first-order valence-electron chi connectivity index (χ1n) is 3.91. The third-order valence-corrected chi connectivity index (χ3v) is 1.92. The largest absolute Gasteiger partial charge is 0.338 e. The number of rotatable bonds is 2. The molecule has 1 atom stereocenters. The van der Waals surface area contributed by atoms with E-state index in [4.69, 9.17) is 5.73 Å². The molecular formula is C8H14N2O. The molecule has 11 heavy (non-hydrogen) atoms. The second-order valence-electron chi connectivity index (χ2n) is 2.82. The molecule has 0 aromatic heterocycles. The molecule has 1 fully saturated rings. The maximum Gasteiger partial charge on any atom is 0.239 e. The summed E-state index contributed by atoms with van der Waals surface area (Å²) in [6.45, 7) is 5.04. The molecule has 0 radical (unpaired) electrons. The van der Waals surface area contributed by atoms with Crippen LogP contribution in [-0.2, 0) is 4.79 Å². The average molecular weight is 154 g/mol. The molecule has 0 saturated carbocycles. The molecule has 0 bridgehead atoms. The quantitative estimate of drug-likeness (QED) is 0.574. The Kier molecular flexibility index (Phi) is 2.65. The standard InChI is InChI=1S/C8H14N2O/c1-2-5-10-6-3-4-7(9)8(10)11/h2,7H,1,3-6,9H2. The van der Waals surface area contributed by atoms with Gasteiger partial charge < -0.3 is 10.6 Å². The van der Waals surface area contributed by atoms with E-state index >= 15 is 0 Å². The Hall–Kier alpha value is -0.830. The van der Waals surface area contributed by atoms with Gasteiger partial charge in [0.05, 0.1) is 6.04 Å². The molecule has 1 saturated heterocycles. The van der Waals surface area contributed by atoms with Gasteiger partial charge in [0.1, 0.15) is 0 Å². The number of nitrogens with two attached hydrogens (primary N) is 1. The zero-order chi connectivity index (χ0) is 8.27. The van der Waals surface area contributed by atoms with Crippen LogP contribution >= 0.6 is 0 Å². The van der Waals surface area contributed by atoms with Gasteiger partial charge in [-0.25, -0.2) is 0 Å². The number of carbonyl (C=O) groups excluding carboxylic acids is 1. The smallest absolute Gasteiger partial charge is 0.239 e. The lowest BCUT2D eigenvalue weighted by molar-refractivity contribution is -0.134. The van der Waals surface area contributed by atoms with Crippen LogP contribution in [0.3, 0.4) is 0 Å². The normalized spacial score (nSPS) is 25.4. The van der Waals surface area contributed by atoms with Crippen LogP contribution in [0, 0.1) is 0 Å². The van der Waals surface area contributed by atoms with E-state index < -0.39 is 0 Å². The van der Waals surface area contributed by atoms with Crippen LogP contribution < -0.4 is 5.73 Å². The Balaban J connectivity index is 2.51. The van der Waals surface area contributed by atoms with Crippen molar-refractivity contribution in [1.82, 2.24) is 4.90 Å². The summed E-state index contributed by atoms with van der Waals surface area (Å²) in [7, 11) is 0. The number of nitrogens with zero attached hydrogens (tertiary/aromatic N) is 1. The van der Waals surface area contributed by atoms with Crippen LogP contribution in [0.2, 0.25) is 0 Å². The Morgan fingerprint density at radius 3 is 3.18 bits per heavy atom. The van der Waals surface area contributed by atoms with Crippen molar-refractivity contribution in [2.75, 3.05) is 13.1 Å². The Bertz CT molecular complexity index is 167. The summed E-state index contributed by atoms with van der Waals surface area (Å²) >= 11 is 0. The van der Waals surface area contributed by atoms with Gasteiger partial charge in [-0.05, 0) is 12.8 Å². The number of carbonyl (C=O) groups is 1. The monoisotopic (exact) mass is 154 g/mol. The summed E-state index contributed by atoms with van der Waals surface area (Å²) in [6.07, 6.45) is 3.57. The van der Waals surface area contributed by atoms with Crippen molar-refractivity contribution in [1.29, 1.82) is 0 Å². The first-order valence-corrected chi connectivity index (χ1v) is 3.91. The number of hydrogen-bond acceptors (Lipinski definition) is 2. The molecule has 0 aromatic rings. The van der Waals surface area contributed by atoms with Crippen molar-refractivity contribution in [2.45, 2.75) is 18.9 Å². The van der Waals surface area contributed by atoms with Gasteiger partial charge in [0.25, 0.3) is 0 Å². The highest BCUT2D eigenvalue weighted by atomic mass is 16.2. The number of likely N-dealkylation sites (tertiary alicyclic amines) is 1. The van der Waals surface area contributed by atoms with E-state index in [9.17, 15) is 4.79 Å². The average Bonchev–Trinajstić information content (AvgIpc) is 1.99. The van der Waals surface area contributed by atoms with Crippen molar-refractivity contribution < 1.29 is 4.79 Å². The van der Waals surface area contributed by atoms with Crippen molar-refractivity contribution in [2.24, 2.45) is 5.73 Å². The van der Waals surface area contributed by atoms with Gasteiger partial charge in [0, 0.05) is 13.1 Å². The summed E-state index contributed by atoms with van der Waals surface area (Å²) in [5, 5.41) is 0. The molecule has 1 aliphatic heterocycles. The van der Waals surface area contributed by atoms with Crippen LogP contribution in [0.5, 0.6) is 0 Å². The van der Waals surface area contributed by atoms with Gasteiger partial charge in [-0.3, -0.25) is 4.79 Å². The maximum atomic E-state index is 11.3. The predicted octanol–water partition coefficient (Wildman–Crippen LogP) is 0.122. The van der Waals surface area contributed by atoms with E-state index in [-0.39, 0.29) is 11.9 Å². The van der Waals surface area contributed by atoms with E-state index in [0.717, 1.165) is 19.4 Å². The first-order chi connectivity index (χ1) is 5.25. The second kappa shape index (κ2) is 3.53. The highest BCUT2D eigenvalue weighted by Crippen LogP contribution is 2.08. The third-order valence-electron chi connectivity index (χ3n) is 1.92. The molecule has 1 unspecified atom stereocenters. The molecule has 1 heterocycles. The molecule has 2 N–H and O–H groups in total. The molecule has 1 amide bonds. The van der Waals surface area contributed by atoms with Gasteiger partial charge in [0.2, 0.25) is 5.91 Å². The second-order valence-corrected chi connectivity index (χ2v) is 2.82. The summed E-state index contributed by atoms with van der Waals surface area (Å²) in [6, 6.07) is -0.274. The summed E-state index contributed by atoms with van der Waals surface area (Å²) in [5.41, 5.74) is 5.57. The SMILES string of the molecule is C=CCN1CCCC(N)C1=O. The number of piperidine rings is 1. The minimum absolute atomic E-state index is 0.0659. The van der Waals surface area contributed by atoms with E-state index in [1.54, 1.807) is 11.0 Å². The Morgan fingerprint density at radius 1 is 1.82 bits per heavy atom. The maximum absolute atomic E-state index is 11.3. The molecule has 1 aliphatic rings. The lowest BCUT2D eigenvalue weighted by Crippen LogP contribution is -2.48. The zero-order valence-corrected chi connectivity index (χ0v) is 6.62. The number of hydrogen-bond donors (Lipinski definition) is 1. The molecule has 0 aliphatic carbocycles. The van der Waals surface area contributed by atoms with Crippen molar-refractivity contribution in [3.05, 3.63) is 12.7 Å². The molecular weight excluding hydrogens is 140 g/mol. The Labute approximate surface area is 66.9 Å². The summed E-state index contributed by atoms with van der Waals surface area (Å²) in [4.78, 5) is 13.0. The predicted molar refractivity (Wildman–Crippen MR) is 44.0 cm³/mol. The van der Waals surface area contributed by atoms with Crippen LogP contribution in [0.1, 0.15) is 12.8 Å². The van der Waals surface area contributed by atoms with Crippen LogP contribution in [0.4, 0.5) is 0 Å². The fourth-order valence-electron chi connectivity index (χ4n) is 1.31. The van der Waals surface area contributed by atoms with Crippen LogP contribution in [0.25, 0.3) is 0 Å². The Morgan fingerprint density at radius 2 is 2.55 bits per heavy atom. The molecule has 62 valence electrons. The summed E-state index contributed by atoms with van der Waals surface area (Å²) < 4.78 is 0. The van der Waals surface area contributed by atoms with Gasteiger partial charge >= 0.3 is 0 Å². The van der Waals surface area contributed by atoms with Crippen molar-refractivity contribution in [3.8, 4) is 0 Å². The molecule has 3 heteroatoms. The minimum atomic E-state index is -0.274. The lowest BCUT2D eigenvalue weighted by atomic mass is 10.1. The lowest BCUT2D eigenvalue weighted by Gasteiger charge is -2.29. The first kappa shape index (κ1) is 8.27. The van der Waals surface area contributed by atoms with E-state index in [1.807, 2.05) is 0 Å². The topological polar surface area (TPSA) is 46.3 Å².